The van der Waals surface area contributed by atoms with Crippen LogP contribution >= 0.6 is 11.6 Å². The van der Waals surface area contributed by atoms with E-state index in [1.54, 1.807) is 29.2 Å². The summed E-state index contributed by atoms with van der Waals surface area (Å²) in [5, 5.41) is 3.76. The molecule has 6 rings (SSSR count). The number of likely N-dealkylation sites (tertiary alicyclic amines) is 1. The van der Waals surface area contributed by atoms with Gasteiger partial charge < -0.3 is 24.4 Å². The summed E-state index contributed by atoms with van der Waals surface area (Å²) in [5.74, 6) is -0.896. The van der Waals surface area contributed by atoms with Crippen molar-refractivity contribution in [3.63, 3.8) is 0 Å². The first-order valence-corrected chi connectivity index (χ1v) is 15.1. The van der Waals surface area contributed by atoms with Crippen molar-refractivity contribution < 1.29 is 18.8 Å². The van der Waals surface area contributed by atoms with Crippen LogP contribution in [0.15, 0.2) is 88.1 Å². The van der Waals surface area contributed by atoms with E-state index in [1.165, 1.54) is 5.56 Å². The smallest absolute Gasteiger partial charge is 0.287 e. The summed E-state index contributed by atoms with van der Waals surface area (Å²) < 4.78 is 5.54. The molecule has 10 heteroatoms. The van der Waals surface area contributed by atoms with E-state index in [0.717, 1.165) is 42.7 Å². The number of para-hydroxylation sites is 2. The first-order chi connectivity index (χ1) is 21.3. The topological polar surface area (TPSA) is 103 Å². The largest absolute Gasteiger partial charge is 0.451 e. The Morgan fingerprint density at radius 3 is 2.18 bits per heavy atom. The highest BCUT2D eigenvalue weighted by molar-refractivity contribution is 6.30. The fourth-order valence-electron chi connectivity index (χ4n) is 5.32. The third kappa shape index (κ3) is 7.47. The van der Waals surface area contributed by atoms with E-state index in [2.05, 4.69) is 10.2 Å². The normalized spacial score (nSPS) is 14.6. The molecule has 1 aromatic heterocycles. The molecule has 0 atom stereocenters. The number of anilines is 1. The van der Waals surface area contributed by atoms with Gasteiger partial charge in [0, 0.05) is 56.0 Å². The Morgan fingerprint density at radius 2 is 1.48 bits per heavy atom. The second-order valence-corrected chi connectivity index (χ2v) is 11.3. The van der Waals surface area contributed by atoms with E-state index in [1.807, 2.05) is 60.4 Å². The molecule has 2 aliphatic heterocycles. The predicted octanol–water partition coefficient (Wildman–Crippen LogP) is 4.76. The lowest BCUT2D eigenvalue weighted by molar-refractivity contribution is -0.130. The summed E-state index contributed by atoms with van der Waals surface area (Å²) in [5.41, 5.74) is 2.84. The molecular weight excluding hydrogens is 580 g/mol. The van der Waals surface area contributed by atoms with Gasteiger partial charge in [-0.1, -0.05) is 53.6 Å². The SMILES string of the molecule is Cc1ccc(Cl)cc1.O=C(NCC(=O)N1CCN(c2ccccc2C(=O)N2CCCC2)CC1)c1cc(=O)c2ccccc2o1. The molecule has 0 spiro atoms. The molecule has 0 saturated carbocycles. The fourth-order valence-corrected chi connectivity index (χ4v) is 5.45. The third-order valence-electron chi connectivity index (χ3n) is 7.77. The Labute approximate surface area is 261 Å². The lowest BCUT2D eigenvalue weighted by Crippen LogP contribution is -2.51. The van der Waals surface area contributed by atoms with Gasteiger partial charge in [0.05, 0.1) is 17.5 Å². The van der Waals surface area contributed by atoms with Crippen LogP contribution in [0.1, 0.15) is 39.3 Å². The van der Waals surface area contributed by atoms with Crippen molar-refractivity contribution in [1.29, 1.82) is 0 Å². The van der Waals surface area contributed by atoms with Gasteiger partial charge in [-0.25, -0.2) is 0 Å². The number of carbonyl (C=O) groups excluding carboxylic acids is 3. The molecule has 4 aromatic rings. The van der Waals surface area contributed by atoms with Crippen LogP contribution in [0.4, 0.5) is 5.69 Å². The van der Waals surface area contributed by atoms with Crippen molar-refractivity contribution in [1.82, 2.24) is 15.1 Å². The fraction of sp³-hybridized carbons (Fsp3) is 0.294. The van der Waals surface area contributed by atoms with Gasteiger partial charge in [-0.3, -0.25) is 19.2 Å². The van der Waals surface area contributed by atoms with Gasteiger partial charge in [0.15, 0.2) is 11.2 Å². The van der Waals surface area contributed by atoms with Crippen LogP contribution in [0.25, 0.3) is 11.0 Å². The molecular formula is C34H35ClN4O5. The van der Waals surface area contributed by atoms with Gasteiger partial charge in [-0.15, -0.1) is 0 Å². The first kappa shape index (κ1) is 30.8. The molecule has 228 valence electrons. The summed E-state index contributed by atoms with van der Waals surface area (Å²) in [7, 11) is 0. The highest BCUT2D eigenvalue weighted by Gasteiger charge is 2.27. The zero-order chi connectivity index (χ0) is 31.1. The second kappa shape index (κ2) is 14.2. The van der Waals surface area contributed by atoms with Crippen LogP contribution in [-0.2, 0) is 4.79 Å². The van der Waals surface area contributed by atoms with Crippen molar-refractivity contribution >= 4 is 46.0 Å². The standard InChI is InChI=1S/C27H28N4O5.C7H7Cl/c32-22-17-24(36-23-10-4-2-8-20(22)23)26(34)28-18-25(33)30-15-13-29(14-16-30)21-9-3-1-7-19(21)27(35)31-11-5-6-12-31;1-6-2-4-7(8)5-3-6/h1-4,7-10,17H,5-6,11-16,18H2,(H,28,34);2-5H,1H3. The maximum Gasteiger partial charge on any atom is 0.287 e. The number of amides is 3. The summed E-state index contributed by atoms with van der Waals surface area (Å²) in [4.78, 5) is 56.2. The molecule has 0 bridgehead atoms. The number of aryl methyl sites for hydroxylation is 1. The third-order valence-corrected chi connectivity index (χ3v) is 8.02. The van der Waals surface area contributed by atoms with Crippen LogP contribution in [0, 0.1) is 6.92 Å². The van der Waals surface area contributed by atoms with Crippen LogP contribution in [0.3, 0.4) is 0 Å². The van der Waals surface area contributed by atoms with E-state index in [-0.39, 0.29) is 29.5 Å². The zero-order valence-corrected chi connectivity index (χ0v) is 25.4. The quantitative estimate of drug-likeness (QED) is 0.348. The van der Waals surface area contributed by atoms with E-state index in [9.17, 15) is 19.2 Å². The highest BCUT2D eigenvalue weighted by Crippen LogP contribution is 2.25. The Bertz CT molecular complexity index is 1670. The number of carbonyl (C=O) groups is 3. The molecule has 9 nitrogen and oxygen atoms in total. The summed E-state index contributed by atoms with van der Waals surface area (Å²) >= 11 is 5.61. The maximum absolute atomic E-state index is 13.0. The van der Waals surface area contributed by atoms with E-state index in [0.29, 0.717) is 42.7 Å². The van der Waals surface area contributed by atoms with E-state index in [4.69, 9.17) is 16.0 Å². The van der Waals surface area contributed by atoms with Crippen molar-refractivity contribution in [3.8, 4) is 0 Å². The second-order valence-electron chi connectivity index (χ2n) is 10.8. The van der Waals surface area contributed by atoms with E-state index < -0.39 is 5.91 Å². The van der Waals surface area contributed by atoms with Crippen LogP contribution in [0.2, 0.25) is 5.02 Å². The van der Waals surface area contributed by atoms with Crippen LogP contribution in [-0.4, -0.2) is 73.3 Å². The minimum Gasteiger partial charge on any atom is -0.451 e. The van der Waals surface area contributed by atoms with Crippen LogP contribution < -0.4 is 15.6 Å². The van der Waals surface area contributed by atoms with E-state index >= 15 is 0 Å². The maximum atomic E-state index is 13.0. The highest BCUT2D eigenvalue weighted by atomic mass is 35.5. The van der Waals surface area contributed by atoms with Gasteiger partial charge in [-0.2, -0.15) is 0 Å². The van der Waals surface area contributed by atoms with Gasteiger partial charge in [0.1, 0.15) is 5.58 Å². The minimum atomic E-state index is -0.612. The number of rotatable bonds is 5. The number of piperazine rings is 1. The van der Waals surface area contributed by atoms with Gasteiger partial charge in [0.2, 0.25) is 5.91 Å². The number of halogens is 1. The van der Waals surface area contributed by atoms with Crippen LogP contribution in [0.5, 0.6) is 0 Å². The molecule has 3 amide bonds. The molecule has 3 aromatic carbocycles. The molecule has 0 aliphatic carbocycles. The first-order valence-electron chi connectivity index (χ1n) is 14.7. The molecule has 3 heterocycles. The Hall–Kier alpha value is -4.63. The number of hydrogen-bond acceptors (Lipinski definition) is 6. The molecule has 44 heavy (non-hydrogen) atoms. The zero-order valence-electron chi connectivity index (χ0n) is 24.6. The predicted molar refractivity (Wildman–Crippen MR) is 171 cm³/mol. The minimum absolute atomic E-state index is 0.0599. The van der Waals surface area contributed by atoms with Crippen molar-refractivity contribution in [2.45, 2.75) is 19.8 Å². The van der Waals surface area contributed by atoms with Gasteiger partial charge >= 0.3 is 0 Å². The monoisotopic (exact) mass is 614 g/mol. The summed E-state index contributed by atoms with van der Waals surface area (Å²) in [6.45, 7) is 5.56. The number of nitrogens with zero attached hydrogens (tertiary/aromatic N) is 3. The Balaban J connectivity index is 0.000000418. The lowest BCUT2D eigenvalue weighted by atomic mass is 10.1. The number of hydrogen-bond donors (Lipinski definition) is 1. The van der Waals surface area contributed by atoms with Gasteiger partial charge in [0.25, 0.3) is 11.8 Å². The molecule has 1 N–H and O–H groups in total. The van der Waals surface area contributed by atoms with Crippen molar-refractivity contribution in [2.24, 2.45) is 0 Å². The molecule has 0 radical (unpaired) electrons. The molecule has 0 unspecified atom stereocenters. The summed E-state index contributed by atoms with van der Waals surface area (Å²) in [6.07, 6.45) is 2.08. The molecule has 2 saturated heterocycles. The van der Waals surface area contributed by atoms with Gasteiger partial charge in [-0.05, 0) is 56.2 Å². The van der Waals surface area contributed by atoms with Crippen molar-refractivity contribution in [3.05, 3.63) is 111 Å². The number of benzene rings is 3. The van der Waals surface area contributed by atoms with Crippen molar-refractivity contribution in [2.75, 3.05) is 50.7 Å². The molecule has 2 fully saturated rings. The number of nitrogens with one attached hydrogen (secondary N) is 1. The molecule has 2 aliphatic rings. The Morgan fingerprint density at radius 1 is 0.818 bits per heavy atom. The summed E-state index contributed by atoms with van der Waals surface area (Å²) in [6, 6.07) is 23.2. The average molecular weight is 615 g/mol. The number of fused-ring (bicyclic) bond motifs is 1. The Kier molecular flexibility index (Phi) is 9.96. The lowest BCUT2D eigenvalue weighted by Gasteiger charge is -2.37. The average Bonchev–Trinajstić information content (AvgIpc) is 3.60.